The van der Waals surface area contributed by atoms with Crippen LogP contribution in [0.4, 0.5) is 0 Å². The summed E-state index contributed by atoms with van der Waals surface area (Å²) in [5.41, 5.74) is 1.20. The van der Waals surface area contributed by atoms with Gasteiger partial charge < -0.3 is 14.1 Å². The van der Waals surface area contributed by atoms with E-state index in [4.69, 9.17) is 9.15 Å². The van der Waals surface area contributed by atoms with Crippen LogP contribution in [0.3, 0.4) is 0 Å². The summed E-state index contributed by atoms with van der Waals surface area (Å²) in [4.78, 5) is 13.8. The Morgan fingerprint density at radius 2 is 1.95 bits per heavy atom. The van der Waals surface area contributed by atoms with Crippen molar-refractivity contribution in [3.05, 3.63) is 54.0 Å². The molecule has 4 heteroatoms. The van der Waals surface area contributed by atoms with E-state index in [0.717, 1.165) is 17.9 Å². The molecular weight excluding hydrogens is 266 g/mol. The van der Waals surface area contributed by atoms with Gasteiger partial charge in [-0.2, -0.15) is 0 Å². The number of hydrogen-bond acceptors (Lipinski definition) is 3. The molecule has 0 fully saturated rings. The fraction of sp³-hybridized carbons (Fsp3) is 0.353. The highest BCUT2D eigenvalue weighted by Crippen LogP contribution is 2.12. The fourth-order valence-electron chi connectivity index (χ4n) is 2.09. The highest BCUT2D eigenvalue weighted by atomic mass is 16.5. The van der Waals surface area contributed by atoms with E-state index in [1.807, 2.05) is 43.4 Å². The maximum absolute atomic E-state index is 12.0. The van der Waals surface area contributed by atoms with E-state index >= 15 is 0 Å². The van der Waals surface area contributed by atoms with Crippen molar-refractivity contribution in [1.82, 2.24) is 4.90 Å². The Balaban J connectivity index is 1.74. The number of ether oxygens (including phenoxy) is 1. The molecule has 1 heterocycles. The number of hydrogen-bond donors (Lipinski definition) is 0. The van der Waals surface area contributed by atoms with Crippen LogP contribution in [0.15, 0.2) is 47.1 Å². The molecule has 112 valence electrons. The van der Waals surface area contributed by atoms with Crippen molar-refractivity contribution < 1.29 is 13.9 Å². The van der Waals surface area contributed by atoms with Gasteiger partial charge in [-0.05, 0) is 36.2 Å². The number of furan rings is 1. The Hall–Kier alpha value is -2.23. The third-order valence-electron chi connectivity index (χ3n) is 3.49. The molecule has 0 N–H and O–H groups in total. The van der Waals surface area contributed by atoms with E-state index in [0.29, 0.717) is 19.4 Å². The molecule has 0 atom stereocenters. The Kier molecular flexibility index (Phi) is 5.43. The predicted molar refractivity (Wildman–Crippen MR) is 81.4 cm³/mol. The van der Waals surface area contributed by atoms with Gasteiger partial charge in [-0.1, -0.05) is 12.1 Å². The van der Waals surface area contributed by atoms with E-state index < -0.39 is 0 Å². The summed E-state index contributed by atoms with van der Waals surface area (Å²) in [6.07, 6.45) is 3.60. The first-order chi connectivity index (χ1) is 10.2. The second kappa shape index (κ2) is 7.53. The van der Waals surface area contributed by atoms with Gasteiger partial charge in [0.2, 0.25) is 5.91 Å². The van der Waals surface area contributed by atoms with Crippen molar-refractivity contribution in [3.63, 3.8) is 0 Å². The van der Waals surface area contributed by atoms with Gasteiger partial charge in [-0.3, -0.25) is 4.79 Å². The zero-order valence-electron chi connectivity index (χ0n) is 12.5. The van der Waals surface area contributed by atoms with Crippen LogP contribution in [0.2, 0.25) is 0 Å². The van der Waals surface area contributed by atoms with Gasteiger partial charge in [0.15, 0.2) is 0 Å². The van der Waals surface area contributed by atoms with Gasteiger partial charge in [0.05, 0.1) is 13.4 Å². The topological polar surface area (TPSA) is 42.7 Å². The number of likely N-dealkylation sites (N-methyl/N-ethyl adjacent to an activating group) is 1. The van der Waals surface area contributed by atoms with Crippen molar-refractivity contribution in [1.29, 1.82) is 0 Å². The van der Waals surface area contributed by atoms with E-state index in [1.54, 1.807) is 18.3 Å². The molecule has 0 aliphatic rings. The van der Waals surface area contributed by atoms with Crippen molar-refractivity contribution in [2.75, 3.05) is 20.7 Å². The average Bonchev–Trinajstić information content (AvgIpc) is 3.04. The molecule has 1 amide bonds. The molecule has 1 aromatic heterocycles. The molecule has 1 aromatic carbocycles. The Morgan fingerprint density at radius 3 is 2.57 bits per heavy atom. The number of aryl methyl sites for hydroxylation is 1. The van der Waals surface area contributed by atoms with Gasteiger partial charge in [-0.15, -0.1) is 0 Å². The van der Waals surface area contributed by atoms with Crippen molar-refractivity contribution in [2.24, 2.45) is 0 Å². The summed E-state index contributed by atoms with van der Waals surface area (Å²) in [7, 11) is 3.49. The molecule has 0 radical (unpaired) electrons. The molecule has 4 nitrogen and oxygen atoms in total. The van der Waals surface area contributed by atoms with Crippen LogP contribution < -0.4 is 4.74 Å². The summed E-state index contributed by atoms with van der Waals surface area (Å²) in [5.74, 6) is 1.84. The largest absolute Gasteiger partial charge is 0.497 e. The molecule has 21 heavy (non-hydrogen) atoms. The first-order valence-electron chi connectivity index (χ1n) is 7.08. The SMILES string of the molecule is COc1ccc(CCN(C)C(=O)CCc2ccco2)cc1. The standard InChI is InChI=1S/C17H21NO3/c1-18(17(19)10-9-16-4-3-13-21-16)12-11-14-5-7-15(20-2)8-6-14/h3-8,13H,9-12H2,1-2H3. The van der Waals surface area contributed by atoms with Crippen LogP contribution in [-0.4, -0.2) is 31.5 Å². The lowest BCUT2D eigenvalue weighted by atomic mass is 10.1. The number of methoxy groups -OCH3 is 1. The van der Waals surface area contributed by atoms with E-state index in [9.17, 15) is 4.79 Å². The molecule has 0 unspecified atom stereocenters. The van der Waals surface area contributed by atoms with Crippen LogP contribution in [0.1, 0.15) is 17.7 Å². The summed E-state index contributed by atoms with van der Waals surface area (Å²) in [6, 6.07) is 11.7. The molecule has 0 spiro atoms. The molecule has 0 bridgehead atoms. The first-order valence-corrected chi connectivity index (χ1v) is 7.08. The number of amides is 1. The second-order valence-electron chi connectivity index (χ2n) is 4.99. The van der Waals surface area contributed by atoms with E-state index in [-0.39, 0.29) is 5.91 Å². The molecule has 2 rings (SSSR count). The maximum Gasteiger partial charge on any atom is 0.222 e. The maximum atomic E-state index is 12.0. The number of nitrogens with zero attached hydrogens (tertiary/aromatic N) is 1. The number of rotatable bonds is 7. The minimum atomic E-state index is 0.139. The summed E-state index contributed by atoms with van der Waals surface area (Å²) >= 11 is 0. The molecular formula is C17H21NO3. The number of carbonyl (C=O) groups is 1. The number of benzene rings is 1. The van der Waals surface area contributed by atoms with E-state index in [2.05, 4.69) is 0 Å². The van der Waals surface area contributed by atoms with E-state index in [1.165, 1.54) is 5.56 Å². The van der Waals surface area contributed by atoms with Crippen molar-refractivity contribution in [3.8, 4) is 5.75 Å². The molecule has 0 saturated heterocycles. The molecule has 2 aromatic rings. The minimum absolute atomic E-state index is 0.139. The first kappa shape index (κ1) is 15.2. The lowest BCUT2D eigenvalue weighted by Gasteiger charge is -2.17. The van der Waals surface area contributed by atoms with Gasteiger partial charge >= 0.3 is 0 Å². The van der Waals surface area contributed by atoms with Gasteiger partial charge in [0.1, 0.15) is 11.5 Å². The van der Waals surface area contributed by atoms with Crippen LogP contribution >= 0.6 is 0 Å². The minimum Gasteiger partial charge on any atom is -0.497 e. The molecule has 0 saturated carbocycles. The zero-order valence-corrected chi connectivity index (χ0v) is 12.5. The van der Waals surface area contributed by atoms with Crippen LogP contribution in [0.5, 0.6) is 5.75 Å². The lowest BCUT2D eigenvalue weighted by molar-refractivity contribution is -0.129. The van der Waals surface area contributed by atoms with Crippen LogP contribution in [-0.2, 0) is 17.6 Å². The van der Waals surface area contributed by atoms with Crippen LogP contribution in [0, 0.1) is 0 Å². The van der Waals surface area contributed by atoms with Gasteiger partial charge in [0.25, 0.3) is 0 Å². The average molecular weight is 287 g/mol. The fourth-order valence-corrected chi connectivity index (χ4v) is 2.09. The number of carbonyl (C=O) groups excluding carboxylic acids is 1. The quantitative estimate of drug-likeness (QED) is 0.786. The monoisotopic (exact) mass is 287 g/mol. The van der Waals surface area contributed by atoms with Crippen LogP contribution in [0.25, 0.3) is 0 Å². The predicted octanol–water partition coefficient (Wildman–Crippen LogP) is 2.92. The van der Waals surface area contributed by atoms with Crippen molar-refractivity contribution in [2.45, 2.75) is 19.3 Å². The third-order valence-corrected chi connectivity index (χ3v) is 3.49. The Bertz CT molecular complexity index is 546. The summed E-state index contributed by atoms with van der Waals surface area (Å²) < 4.78 is 10.4. The highest BCUT2D eigenvalue weighted by Gasteiger charge is 2.09. The van der Waals surface area contributed by atoms with Gasteiger partial charge in [-0.25, -0.2) is 0 Å². The smallest absolute Gasteiger partial charge is 0.222 e. The zero-order chi connectivity index (χ0) is 15.1. The Labute approximate surface area is 125 Å². The third kappa shape index (κ3) is 4.67. The Morgan fingerprint density at radius 1 is 1.19 bits per heavy atom. The summed E-state index contributed by atoms with van der Waals surface area (Å²) in [5, 5.41) is 0. The highest BCUT2D eigenvalue weighted by molar-refractivity contribution is 5.76. The second-order valence-corrected chi connectivity index (χ2v) is 4.99. The molecule has 0 aliphatic carbocycles. The lowest BCUT2D eigenvalue weighted by Crippen LogP contribution is -2.28. The molecule has 0 aliphatic heterocycles. The summed E-state index contributed by atoms with van der Waals surface area (Å²) in [6.45, 7) is 0.712. The van der Waals surface area contributed by atoms with Crippen molar-refractivity contribution >= 4 is 5.91 Å². The normalized spacial score (nSPS) is 10.4. The van der Waals surface area contributed by atoms with Gasteiger partial charge in [0, 0.05) is 26.4 Å².